The fraction of sp³-hybridized carbons (Fsp3) is 0.235. The van der Waals surface area contributed by atoms with Crippen LogP contribution in [0.4, 0.5) is 5.82 Å². The average Bonchev–Trinajstić information content (AvgIpc) is 3.21. The topological polar surface area (TPSA) is 108 Å². The van der Waals surface area contributed by atoms with Crippen molar-refractivity contribution in [2.45, 2.75) is 20.0 Å². The number of aryl methyl sites for hydroxylation is 1. The van der Waals surface area contributed by atoms with Crippen LogP contribution in [-0.2, 0) is 13.1 Å². The van der Waals surface area contributed by atoms with Crippen molar-refractivity contribution in [3.63, 3.8) is 0 Å². The van der Waals surface area contributed by atoms with Gasteiger partial charge in [0, 0.05) is 18.3 Å². The van der Waals surface area contributed by atoms with Gasteiger partial charge in [0.05, 0.1) is 40.6 Å². The van der Waals surface area contributed by atoms with E-state index in [1.165, 1.54) is 10.7 Å². The molecule has 2 aromatic heterocycles. The fourth-order valence-corrected chi connectivity index (χ4v) is 2.94. The molecule has 10 heteroatoms. The molecule has 0 aliphatic heterocycles. The number of carbonyl (C=O) groups excluding carboxylic acids is 1. The first kappa shape index (κ1) is 18.8. The highest BCUT2D eigenvalue weighted by Crippen LogP contribution is 2.12. The molecule has 0 atom stereocenters. The number of nitrogens with one attached hydrogen (secondary N) is 1. The summed E-state index contributed by atoms with van der Waals surface area (Å²) in [6.07, 6.45) is 3.57. The van der Waals surface area contributed by atoms with Gasteiger partial charge in [-0.3, -0.25) is 9.48 Å². The van der Waals surface area contributed by atoms with Gasteiger partial charge < -0.3 is 15.4 Å². The van der Waals surface area contributed by atoms with Gasteiger partial charge in [0.2, 0.25) is 0 Å². The zero-order chi connectivity index (χ0) is 19.4. The number of hydrogen-bond donors (Lipinski definition) is 1. The highest BCUT2D eigenvalue weighted by atomic mass is 79.9. The SMILES string of the molecule is Cc1cc([N+](=O)[O-])nn1CCNC(=O)c1cccc(Cn2cc(Br)cn2)c1. The van der Waals surface area contributed by atoms with E-state index in [9.17, 15) is 14.9 Å². The number of rotatable bonds is 7. The minimum absolute atomic E-state index is 0.197. The lowest BCUT2D eigenvalue weighted by Gasteiger charge is -2.07. The van der Waals surface area contributed by atoms with E-state index in [2.05, 4.69) is 31.4 Å². The molecule has 27 heavy (non-hydrogen) atoms. The van der Waals surface area contributed by atoms with Gasteiger partial charge in [-0.2, -0.15) is 9.78 Å². The standard InChI is InChI=1S/C17H17BrN6O3/c1-12-7-16(24(26)27)21-23(12)6-5-19-17(25)14-4-2-3-13(8-14)10-22-11-15(18)9-20-22/h2-4,7-9,11H,5-6,10H2,1H3,(H,19,25). The van der Waals surface area contributed by atoms with Crippen LogP contribution in [0.2, 0.25) is 0 Å². The third-order valence-corrected chi connectivity index (χ3v) is 4.31. The fourth-order valence-electron chi connectivity index (χ4n) is 2.61. The molecule has 0 saturated carbocycles. The molecule has 3 aromatic rings. The Bertz CT molecular complexity index is 981. The van der Waals surface area contributed by atoms with Crippen molar-refractivity contribution < 1.29 is 9.72 Å². The van der Waals surface area contributed by atoms with Gasteiger partial charge in [0.1, 0.15) is 0 Å². The lowest BCUT2D eigenvalue weighted by molar-refractivity contribution is -0.389. The van der Waals surface area contributed by atoms with Gasteiger partial charge in [-0.1, -0.05) is 12.1 Å². The van der Waals surface area contributed by atoms with Crippen LogP contribution in [0.1, 0.15) is 21.6 Å². The first-order valence-electron chi connectivity index (χ1n) is 8.16. The quantitative estimate of drug-likeness (QED) is 0.455. The Morgan fingerprint density at radius 2 is 2.19 bits per heavy atom. The summed E-state index contributed by atoms with van der Waals surface area (Å²) in [4.78, 5) is 22.6. The Hall–Kier alpha value is -3.01. The number of hydrogen-bond acceptors (Lipinski definition) is 5. The molecular weight excluding hydrogens is 416 g/mol. The lowest BCUT2D eigenvalue weighted by Crippen LogP contribution is -2.27. The van der Waals surface area contributed by atoms with Gasteiger partial charge in [-0.05, 0) is 45.5 Å². The van der Waals surface area contributed by atoms with Crippen molar-refractivity contribution in [1.29, 1.82) is 0 Å². The molecule has 0 spiro atoms. The smallest absolute Gasteiger partial charge is 0.358 e. The Labute approximate surface area is 163 Å². The van der Waals surface area contributed by atoms with Crippen molar-refractivity contribution in [2.75, 3.05) is 6.54 Å². The third kappa shape index (κ3) is 4.79. The normalized spacial score (nSPS) is 10.7. The maximum Gasteiger partial charge on any atom is 0.390 e. The minimum atomic E-state index is -0.536. The molecule has 2 heterocycles. The summed E-state index contributed by atoms with van der Waals surface area (Å²) in [6.45, 7) is 2.96. The van der Waals surface area contributed by atoms with Crippen LogP contribution < -0.4 is 5.32 Å². The molecule has 0 aliphatic rings. The molecule has 0 bridgehead atoms. The molecule has 0 saturated heterocycles. The van der Waals surface area contributed by atoms with E-state index in [0.717, 1.165) is 10.0 Å². The molecular formula is C17H17BrN6O3. The van der Waals surface area contributed by atoms with E-state index in [4.69, 9.17) is 0 Å². The summed E-state index contributed by atoms with van der Waals surface area (Å²) >= 11 is 3.35. The number of benzene rings is 1. The van der Waals surface area contributed by atoms with Crippen LogP contribution >= 0.6 is 15.9 Å². The molecule has 9 nitrogen and oxygen atoms in total. The second kappa shape index (κ2) is 8.12. The zero-order valence-corrected chi connectivity index (χ0v) is 16.1. The third-order valence-electron chi connectivity index (χ3n) is 3.90. The maximum atomic E-state index is 12.4. The van der Waals surface area contributed by atoms with Crippen LogP contribution in [-0.4, -0.2) is 36.9 Å². The predicted molar refractivity (Wildman–Crippen MR) is 101 cm³/mol. The summed E-state index contributed by atoms with van der Waals surface area (Å²) in [5.41, 5.74) is 2.17. The molecule has 3 rings (SSSR count). The van der Waals surface area contributed by atoms with E-state index in [1.807, 2.05) is 24.4 Å². The van der Waals surface area contributed by atoms with Gasteiger partial charge >= 0.3 is 5.82 Å². The van der Waals surface area contributed by atoms with Gasteiger partial charge in [0.15, 0.2) is 0 Å². The molecule has 0 fully saturated rings. The van der Waals surface area contributed by atoms with Gasteiger partial charge in [-0.25, -0.2) is 0 Å². The van der Waals surface area contributed by atoms with E-state index in [1.54, 1.807) is 23.9 Å². The van der Waals surface area contributed by atoms with Crippen LogP contribution in [0, 0.1) is 17.0 Å². The largest absolute Gasteiger partial charge is 0.390 e. The zero-order valence-electron chi connectivity index (χ0n) is 14.5. The molecule has 0 unspecified atom stereocenters. The summed E-state index contributed by atoms with van der Waals surface area (Å²) < 4.78 is 4.17. The van der Waals surface area contributed by atoms with Crippen LogP contribution in [0.5, 0.6) is 0 Å². The van der Waals surface area contributed by atoms with E-state index in [0.29, 0.717) is 30.9 Å². The van der Waals surface area contributed by atoms with Crippen LogP contribution in [0.25, 0.3) is 0 Å². The number of nitro groups is 1. The predicted octanol–water partition coefficient (Wildman–Crippen LogP) is 2.54. The average molecular weight is 433 g/mol. The Morgan fingerprint density at radius 3 is 2.85 bits per heavy atom. The first-order chi connectivity index (χ1) is 12.9. The highest BCUT2D eigenvalue weighted by Gasteiger charge is 2.15. The Morgan fingerprint density at radius 1 is 1.37 bits per heavy atom. The number of halogens is 1. The molecule has 0 radical (unpaired) electrons. The van der Waals surface area contributed by atoms with Crippen molar-refractivity contribution >= 4 is 27.7 Å². The second-order valence-electron chi connectivity index (χ2n) is 5.94. The van der Waals surface area contributed by atoms with E-state index >= 15 is 0 Å². The number of amides is 1. The summed E-state index contributed by atoms with van der Waals surface area (Å²) in [7, 11) is 0. The monoisotopic (exact) mass is 432 g/mol. The van der Waals surface area contributed by atoms with Gasteiger partial charge in [0.25, 0.3) is 5.91 Å². The lowest BCUT2D eigenvalue weighted by atomic mass is 10.1. The second-order valence-corrected chi connectivity index (χ2v) is 6.85. The maximum absolute atomic E-state index is 12.4. The van der Waals surface area contributed by atoms with Crippen LogP contribution in [0.3, 0.4) is 0 Å². The van der Waals surface area contributed by atoms with Crippen molar-refractivity contribution in [3.8, 4) is 0 Å². The van der Waals surface area contributed by atoms with Crippen molar-refractivity contribution in [3.05, 3.63) is 74.1 Å². The van der Waals surface area contributed by atoms with Gasteiger partial charge in [-0.15, -0.1) is 0 Å². The number of carbonyl (C=O) groups is 1. The van der Waals surface area contributed by atoms with Crippen molar-refractivity contribution in [1.82, 2.24) is 24.9 Å². The summed E-state index contributed by atoms with van der Waals surface area (Å²) in [5.74, 6) is -0.408. The van der Waals surface area contributed by atoms with E-state index in [-0.39, 0.29) is 11.7 Å². The highest BCUT2D eigenvalue weighted by molar-refractivity contribution is 9.10. The van der Waals surface area contributed by atoms with Crippen LogP contribution in [0.15, 0.2) is 47.2 Å². The molecule has 0 aliphatic carbocycles. The molecule has 140 valence electrons. The Kier molecular flexibility index (Phi) is 5.65. The number of nitrogens with zero attached hydrogens (tertiary/aromatic N) is 5. The summed E-state index contributed by atoms with van der Waals surface area (Å²) in [6, 6.07) is 8.71. The first-order valence-corrected chi connectivity index (χ1v) is 8.95. The van der Waals surface area contributed by atoms with Crippen molar-refractivity contribution in [2.24, 2.45) is 0 Å². The molecule has 1 aromatic carbocycles. The molecule has 1 amide bonds. The Balaban J connectivity index is 1.58. The van der Waals surface area contributed by atoms with E-state index < -0.39 is 4.92 Å². The molecule has 1 N–H and O–H groups in total. The number of aromatic nitrogens is 4. The summed E-state index contributed by atoms with van der Waals surface area (Å²) in [5, 5.41) is 21.7. The minimum Gasteiger partial charge on any atom is -0.358 e.